The topological polar surface area (TPSA) is 47.0 Å². The van der Waals surface area contributed by atoms with Crippen LogP contribution in [0.2, 0.25) is 0 Å². The summed E-state index contributed by atoms with van der Waals surface area (Å²) in [6.45, 7) is 0.493. The molecule has 0 spiro atoms. The van der Waals surface area contributed by atoms with Crippen LogP contribution in [-0.2, 0) is 17.1 Å². The van der Waals surface area contributed by atoms with E-state index in [2.05, 4.69) is 43.3 Å². The first-order chi connectivity index (χ1) is 9.71. The molecule has 0 saturated heterocycles. The lowest BCUT2D eigenvalue weighted by Crippen LogP contribution is -2.03. The van der Waals surface area contributed by atoms with Gasteiger partial charge < -0.3 is 10.1 Å². The van der Waals surface area contributed by atoms with E-state index in [0.717, 1.165) is 27.6 Å². The Balaban J connectivity index is 2.07. The van der Waals surface area contributed by atoms with Crippen molar-refractivity contribution >= 4 is 33.5 Å². The molecule has 0 saturated carbocycles. The molecule has 0 aliphatic carbocycles. The van der Waals surface area contributed by atoms with Crippen LogP contribution in [0.4, 0.5) is 5.82 Å². The highest BCUT2D eigenvalue weighted by molar-refractivity contribution is 9.10. The molecule has 4 nitrogen and oxygen atoms in total. The number of aromatic nitrogens is 2. The maximum absolute atomic E-state index is 5.13. The summed E-state index contributed by atoms with van der Waals surface area (Å²) in [7, 11) is 3.52. The Bertz CT molecular complexity index is 563. The van der Waals surface area contributed by atoms with E-state index in [1.54, 1.807) is 18.9 Å². The fraction of sp³-hybridized carbons (Fsp3) is 0.286. The van der Waals surface area contributed by atoms with E-state index in [0.29, 0.717) is 6.61 Å². The number of methoxy groups -OCH3 is 1. The van der Waals surface area contributed by atoms with E-state index in [1.165, 1.54) is 4.90 Å². The van der Waals surface area contributed by atoms with Crippen LogP contribution in [0, 0.1) is 0 Å². The van der Waals surface area contributed by atoms with E-state index in [4.69, 9.17) is 4.74 Å². The van der Waals surface area contributed by atoms with Crippen molar-refractivity contribution in [1.29, 1.82) is 0 Å². The highest BCUT2D eigenvalue weighted by atomic mass is 79.9. The normalized spacial score (nSPS) is 10.6. The molecule has 0 atom stereocenters. The van der Waals surface area contributed by atoms with Crippen LogP contribution in [0.15, 0.2) is 39.7 Å². The quantitative estimate of drug-likeness (QED) is 0.802. The van der Waals surface area contributed by atoms with Gasteiger partial charge in [-0.1, -0.05) is 15.9 Å². The van der Waals surface area contributed by atoms with Gasteiger partial charge in [0.2, 0.25) is 0 Å². The lowest BCUT2D eigenvalue weighted by Gasteiger charge is -2.07. The summed E-state index contributed by atoms with van der Waals surface area (Å²) in [4.78, 5) is 10.2. The third-order valence-corrected chi connectivity index (χ3v) is 4.09. The summed E-state index contributed by atoms with van der Waals surface area (Å²) >= 11 is 5.14. The molecular formula is C14H16BrN3OS. The van der Waals surface area contributed by atoms with Gasteiger partial charge in [0.25, 0.3) is 0 Å². The molecule has 0 bridgehead atoms. The van der Waals surface area contributed by atoms with Gasteiger partial charge in [-0.05, 0) is 24.3 Å². The van der Waals surface area contributed by atoms with Gasteiger partial charge in [0.05, 0.1) is 18.1 Å². The molecule has 0 radical (unpaired) electrons. The third kappa shape index (κ3) is 4.47. The number of benzene rings is 1. The summed E-state index contributed by atoms with van der Waals surface area (Å²) in [6.07, 6.45) is 0. The molecule has 0 unspecified atom stereocenters. The average molecular weight is 354 g/mol. The van der Waals surface area contributed by atoms with Crippen molar-refractivity contribution in [3.05, 3.63) is 46.3 Å². The average Bonchev–Trinajstić information content (AvgIpc) is 2.47. The van der Waals surface area contributed by atoms with Gasteiger partial charge in [0, 0.05) is 29.6 Å². The van der Waals surface area contributed by atoms with E-state index in [1.807, 2.05) is 25.2 Å². The Morgan fingerprint density at radius 2 is 2.00 bits per heavy atom. The number of hydrogen-bond acceptors (Lipinski definition) is 5. The standard InChI is InChI=1S/C14H16BrN3OS/c1-16-13-7-11(8-19-2)17-14(18-13)9-20-12-5-3-10(15)4-6-12/h3-7H,8-9H2,1-2H3,(H,16,17,18). The number of thioether (sulfide) groups is 1. The van der Waals surface area contributed by atoms with Crippen molar-refractivity contribution in [2.24, 2.45) is 0 Å². The highest BCUT2D eigenvalue weighted by Gasteiger charge is 2.05. The second-order valence-corrected chi connectivity index (χ2v) is 6.05. The largest absolute Gasteiger partial charge is 0.378 e. The van der Waals surface area contributed by atoms with E-state index in [-0.39, 0.29) is 0 Å². The second-order valence-electron chi connectivity index (χ2n) is 4.09. The molecule has 1 N–H and O–H groups in total. The first-order valence-corrected chi connectivity index (χ1v) is 7.91. The van der Waals surface area contributed by atoms with Crippen molar-refractivity contribution in [3.8, 4) is 0 Å². The minimum absolute atomic E-state index is 0.493. The molecular weight excluding hydrogens is 338 g/mol. The summed E-state index contributed by atoms with van der Waals surface area (Å²) in [5.74, 6) is 2.35. The predicted octanol–water partition coefficient (Wildman–Crippen LogP) is 3.72. The number of nitrogens with zero attached hydrogens (tertiary/aromatic N) is 2. The van der Waals surface area contributed by atoms with Crippen LogP contribution in [0.5, 0.6) is 0 Å². The molecule has 2 aromatic rings. The second kappa shape index (κ2) is 7.61. The number of halogens is 1. The van der Waals surface area contributed by atoms with E-state index >= 15 is 0 Å². The Morgan fingerprint density at radius 3 is 2.65 bits per heavy atom. The van der Waals surface area contributed by atoms with Crippen LogP contribution >= 0.6 is 27.7 Å². The number of ether oxygens (including phenoxy) is 1. The number of rotatable bonds is 6. The SMILES string of the molecule is CNc1cc(COC)nc(CSc2ccc(Br)cc2)n1. The maximum Gasteiger partial charge on any atom is 0.141 e. The Hall–Kier alpha value is -1.11. The van der Waals surface area contributed by atoms with Crippen molar-refractivity contribution in [2.45, 2.75) is 17.3 Å². The minimum atomic E-state index is 0.493. The lowest BCUT2D eigenvalue weighted by molar-refractivity contribution is 0.181. The van der Waals surface area contributed by atoms with Crippen LogP contribution in [0.1, 0.15) is 11.5 Å². The van der Waals surface area contributed by atoms with E-state index < -0.39 is 0 Å². The van der Waals surface area contributed by atoms with Gasteiger partial charge in [-0.2, -0.15) is 0 Å². The number of nitrogens with one attached hydrogen (secondary N) is 1. The fourth-order valence-electron chi connectivity index (χ4n) is 1.65. The van der Waals surface area contributed by atoms with Crippen LogP contribution in [-0.4, -0.2) is 24.1 Å². The van der Waals surface area contributed by atoms with Gasteiger partial charge in [-0.25, -0.2) is 9.97 Å². The summed E-state index contributed by atoms with van der Waals surface area (Å²) in [5, 5.41) is 3.05. The van der Waals surface area contributed by atoms with Crippen molar-refractivity contribution in [2.75, 3.05) is 19.5 Å². The van der Waals surface area contributed by atoms with Crippen LogP contribution in [0.3, 0.4) is 0 Å². The molecule has 1 aromatic carbocycles. The first kappa shape index (κ1) is 15.3. The van der Waals surface area contributed by atoms with Gasteiger partial charge in [0.15, 0.2) is 0 Å². The Morgan fingerprint density at radius 1 is 1.25 bits per heavy atom. The maximum atomic E-state index is 5.13. The Kier molecular flexibility index (Phi) is 5.82. The van der Waals surface area contributed by atoms with Gasteiger partial charge in [-0.15, -0.1) is 11.8 Å². The monoisotopic (exact) mass is 353 g/mol. The fourth-order valence-corrected chi connectivity index (χ4v) is 2.66. The molecule has 2 rings (SSSR count). The molecule has 1 aromatic heterocycles. The third-order valence-electron chi connectivity index (χ3n) is 2.56. The molecule has 106 valence electrons. The molecule has 20 heavy (non-hydrogen) atoms. The van der Waals surface area contributed by atoms with Gasteiger partial charge >= 0.3 is 0 Å². The zero-order valence-corrected chi connectivity index (χ0v) is 13.8. The number of hydrogen-bond donors (Lipinski definition) is 1. The molecule has 6 heteroatoms. The van der Waals surface area contributed by atoms with Crippen molar-refractivity contribution in [1.82, 2.24) is 9.97 Å². The molecule has 0 aliphatic heterocycles. The highest BCUT2D eigenvalue weighted by Crippen LogP contribution is 2.23. The van der Waals surface area contributed by atoms with Crippen LogP contribution in [0.25, 0.3) is 0 Å². The van der Waals surface area contributed by atoms with E-state index in [9.17, 15) is 0 Å². The lowest BCUT2D eigenvalue weighted by atomic mass is 10.4. The summed E-state index contributed by atoms with van der Waals surface area (Å²) in [5.41, 5.74) is 0.887. The van der Waals surface area contributed by atoms with Crippen molar-refractivity contribution < 1.29 is 4.74 Å². The molecule has 0 aliphatic rings. The zero-order valence-electron chi connectivity index (χ0n) is 11.4. The summed E-state index contributed by atoms with van der Waals surface area (Å²) in [6, 6.07) is 10.1. The minimum Gasteiger partial charge on any atom is -0.378 e. The summed E-state index contributed by atoms with van der Waals surface area (Å²) < 4.78 is 6.21. The first-order valence-electron chi connectivity index (χ1n) is 6.13. The zero-order chi connectivity index (χ0) is 14.4. The van der Waals surface area contributed by atoms with Crippen molar-refractivity contribution in [3.63, 3.8) is 0 Å². The molecule has 0 amide bonds. The van der Waals surface area contributed by atoms with Crippen LogP contribution < -0.4 is 5.32 Å². The van der Waals surface area contributed by atoms with Gasteiger partial charge in [-0.3, -0.25) is 0 Å². The predicted molar refractivity (Wildman–Crippen MR) is 86.0 cm³/mol. The Labute approximate surface area is 131 Å². The van der Waals surface area contributed by atoms with Gasteiger partial charge in [0.1, 0.15) is 11.6 Å². The molecule has 1 heterocycles. The number of anilines is 1. The smallest absolute Gasteiger partial charge is 0.141 e. The molecule has 0 fully saturated rings.